The van der Waals surface area contributed by atoms with E-state index in [1.165, 1.54) is 0 Å². The minimum absolute atomic E-state index is 0.242. The van der Waals surface area contributed by atoms with Gasteiger partial charge in [-0.2, -0.15) is 17.6 Å². The Morgan fingerprint density at radius 3 is 2.11 bits per heavy atom. The molecule has 0 radical (unpaired) electrons. The maximum Gasteiger partial charge on any atom is 0.283 e. The molecule has 0 spiro atoms. The minimum Gasteiger partial charge on any atom is -0.199 e. The van der Waals surface area contributed by atoms with Gasteiger partial charge in [0.05, 0.1) is 20.8 Å². The van der Waals surface area contributed by atoms with Gasteiger partial charge in [-0.15, -0.1) is 0 Å². The van der Waals surface area contributed by atoms with Crippen molar-refractivity contribution in [2.24, 2.45) is 0 Å². The molecule has 1 aromatic heterocycles. The Morgan fingerprint density at radius 2 is 1.67 bits per heavy atom. The summed E-state index contributed by atoms with van der Waals surface area (Å²) in [6.45, 7) is 5.39. The minimum atomic E-state index is -3.61. The van der Waals surface area contributed by atoms with Gasteiger partial charge < -0.3 is 0 Å². The second-order valence-electron chi connectivity index (χ2n) is 4.15. The molecule has 0 aliphatic rings. The number of aryl methyl sites for hydroxylation is 2. The molecule has 0 N–H and O–H groups in total. The molecule has 0 unspecified atom stereocenters. The van der Waals surface area contributed by atoms with Gasteiger partial charge in [0, 0.05) is 0 Å². The molecule has 96 valence electrons. The van der Waals surface area contributed by atoms with Crippen LogP contribution >= 0.6 is 15.9 Å². The van der Waals surface area contributed by atoms with Crippen molar-refractivity contribution in [2.75, 3.05) is 0 Å². The molecule has 2 aromatic rings. The summed E-state index contributed by atoms with van der Waals surface area (Å²) in [5.41, 5.74) is 2.25. The zero-order valence-corrected chi connectivity index (χ0v) is 12.7. The van der Waals surface area contributed by atoms with Crippen LogP contribution in [-0.2, 0) is 10.0 Å². The number of benzene rings is 1. The molecule has 0 fully saturated rings. The first kappa shape index (κ1) is 13.3. The largest absolute Gasteiger partial charge is 0.283 e. The van der Waals surface area contributed by atoms with E-state index in [-0.39, 0.29) is 4.90 Å². The van der Waals surface area contributed by atoms with Gasteiger partial charge in [0.2, 0.25) is 0 Å². The maximum atomic E-state index is 12.4. The molecule has 0 amide bonds. The van der Waals surface area contributed by atoms with Crippen molar-refractivity contribution in [3.05, 3.63) is 45.7 Å². The van der Waals surface area contributed by atoms with Crippen LogP contribution in [0.5, 0.6) is 0 Å². The second kappa shape index (κ2) is 4.51. The predicted molar refractivity (Wildman–Crippen MR) is 73.2 cm³/mol. The summed E-state index contributed by atoms with van der Waals surface area (Å²) in [6, 6.07) is 6.73. The molecular weight excluding hydrogens is 316 g/mol. The lowest BCUT2D eigenvalue weighted by Crippen LogP contribution is -2.16. The standard InChI is InChI=1S/C12H13BrN2O2S/c1-8-4-6-11(7-5-8)18(16,17)15-10(3)12(13)9(2)14-15/h4-7H,1-3H3. The highest BCUT2D eigenvalue weighted by Gasteiger charge is 2.22. The van der Waals surface area contributed by atoms with E-state index in [9.17, 15) is 8.42 Å². The fourth-order valence-electron chi connectivity index (χ4n) is 1.65. The smallest absolute Gasteiger partial charge is 0.199 e. The monoisotopic (exact) mass is 328 g/mol. The van der Waals surface area contributed by atoms with Crippen LogP contribution in [0.25, 0.3) is 0 Å². The average Bonchev–Trinajstić information content (AvgIpc) is 2.58. The van der Waals surface area contributed by atoms with Crippen molar-refractivity contribution in [3.8, 4) is 0 Å². The van der Waals surface area contributed by atoms with Gasteiger partial charge in [0.25, 0.3) is 10.0 Å². The van der Waals surface area contributed by atoms with Crippen LogP contribution in [0.3, 0.4) is 0 Å². The predicted octanol–water partition coefficient (Wildman–Crippen LogP) is 2.81. The maximum absolute atomic E-state index is 12.4. The van der Waals surface area contributed by atoms with Gasteiger partial charge in [0.1, 0.15) is 0 Å². The van der Waals surface area contributed by atoms with Crippen molar-refractivity contribution in [1.82, 2.24) is 9.19 Å². The Bertz CT molecular complexity index is 688. The summed E-state index contributed by atoms with van der Waals surface area (Å²) < 4.78 is 26.6. The molecular formula is C12H13BrN2O2S. The van der Waals surface area contributed by atoms with Crippen LogP contribution in [-0.4, -0.2) is 17.6 Å². The van der Waals surface area contributed by atoms with Crippen LogP contribution in [0.4, 0.5) is 0 Å². The third-order valence-corrected chi connectivity index (χ3v) is 5.54. The van der Waals surface area contributed by atoms with Gasteiger partial charge >= 0.3 is 0 Å². The van der Waals surface area contributed by atoms with Crippen LogP contribution in [0.2, 0.25) is 0 Å². The summed E-state index contributed by atoms with van der Waals surface area (Å²) in [4.78, 5) is 0.242. The molecule has 0 aliphatic carbocycles. The molecule has 1 aromatic carbocycles. The molecule has 2 rings (SSSR count). The normalized spacial score (nSPS) is 11.8. The van der Waals surface area contributed by atoms with Crippen molar-refractivity contribution in [1.29, 1.82) is 0 Å². The number of hydrogen-bond acceptors (Lipinski definition) is 3. The lowest BCUT2D eigenvalue weighted by atomic mass is 10.2. The zero-order valence-electron chi connectivity index (χ0n) is 10.3. The number of halogens is 1. The van der Waals surface area contributed by atoms with E-state index in [1.54, 1.807) is 38.1 Å². The van der Waals surface area contributed by atoms with Gasteiger partial charge in [-0.05, 0) is 48.8 Å². The Labute approximate surface area is 115 Å². The summed E-state index contributed by atoms with van der Waals surface area (Å²) in [6.07, 6.45) is 0. The third kappa shape index (κ3) is 2.10. The van der Waals surface area contributed by atoms with Gasteiger partial charge in [-0.3, -0.25) is 0 Å². The fourth-order valence-corrected chi connectivity index (χ4v) is 3.37. The van der Waals surface area contributed by atoms with Gasteiger partial charge in [-0.25, -0.2) is 0 Å². The number of nitrogens with zero attached hydrogens (tertiary/aromatic N) is 2. The van der Waals surface area contributed by atoms with E-state index in [1.807, 2.05) is 6.92 Å². The molecule has 0 atom stereocenters. The Kier molecular flexibility index (Phi) is 3.33. The quantitative estimate of drug-likeness (QED) is 0.851. The molecule has 4 nitrogen and oxygen atoms in total. The SMILES string of the molecule is Cc1ccc(S(=O)(=O)n2nc(C)c(Br)c2C)cc1. The first-order chi connectivity index (χ1) is 8.34. The van der Waals surface area contributed by atoms with Crippen LogP contribution in [0, 0.1) is 20.8 Å². The van der Waals surface area contributed by atoms with E-state index in [2.05, 4.69) is 21.0 Å². The molecule has 0 saturated carbocycles. The van der Waals surface area contributed by atoms with E-state index in [0.717, 1.165) is 14.1 Å². The van der Waals surface area contributed by atoms with E-state index in [4.69, 9.17) is 0 Å². The summed E-state index contributed by atoms with van der Waals surface area (Å²) in [5.74, 6) is 0. The number of rotatable bonds is 2. The van der Waals surface area contributed by atoms with Crippen molar-refractivity contribution in [2.45, 2.75) is 25.7 Å². The summed E-state index contributed by atoms with van der Waals surface area (Å²) >= 11 is 3.33. The third-order valence-electron chi connectivity index (χ3n) is 2.71. The molecule has 6 heteroatoms. The highest BCUT2D eigenvalue weighted by Crippen LogP contribution is 2.24. The van der Waals surface area contributed by atoms with E-state index >= 15 is 0 Å². The Hall–Kier alpha value is -1.14. The van der Waals surface area contributed by atoms with Crippen molar-refractivity contribution < 1.29 is 8.42 Å². The first-order valence-corrected chi connectivity index (χ1v) is 7.61. The van der Waals surface area contributed by atoms with Crippen LogP contribution in [0.1, 0.15) is 17.0 Å². The zero-order chi connectivity index (χ0) is 13.5. The summed E-state index contributed by atoms with van der Waals surface area (Å²) in [7, 11) is -3.61. The van der Waals surface area contributed by atoms with E-state index < -0.39 is 10.0 Å². The average molecular weight is 329 g/mol. The molecule has 0 aliphatic heterocycles. The lowest BCUT2D eigenvalue weighted by molar-refractivity contribution is 0.577. The number of aromatic nitrogens is 2. The molecule has 0 saturated heterocycles. The van der Waals surface area contributed by atoms with Crippen LogP contribution in [0.15, 0.2) is 33.6 Å². The second-order valence-corrected chi connectivity index (χ2v) is 6.71. The lowest BCUT2D eigenvalue weighted by Gasteiger charge is -2.06. The van der Waals surface area contributed by atoms with Gasteiger partial charge in [-0.1, -0.05) is 17.7 Å². The fraction of sp³-hybridized carbons (Fsp3) is 0.250. The van der Waals surface area contributed by atoms with Gasteiger partial charge in [0.15, 0.2) is 0 Å². The molecule has 0 bridgehead atoms. The highest BCUT2D eigenvalue weighted by atomic mass is 79.9. The van der Waals surface area contributed by atoms with Crippen LogP contribution < -0.4 is 0 Å². The molecule has 1 heterocycles. The molecule has 18 heavy (non-hydrogen) atoms. The van der Waals surface area contributed by atoms with E-state index in [0.29, 0.717) is 11.4 Å². The first-order valence-electron chi connectivity index (χ1n) is 5.38. The van der Waals surface area contributed by atoms with Crippen molar-refractivity contribution >= 4 is 26.0 Å². The highest BCUT2D eigenvalue weighted by molar-refractivity contribution is 9.10. The summed E-state index contributed by atoms with van der Waals surface area (Å²) in [5, 5.41) is 4.06. The topological polar surface area (TPSA) is 52.0 Å². The number of hydrogen-bond donors (Lipinski definition) is 0. The Morgan fingerprint density at radius 1 is 1.11 bits per heavy atom. The Balaban J connectivity index is 2.61. The van der Waals surface area contributed by atoms with Crippen molar-refractivity contribution in [3.63, 3.8) is 0 Å².